The number of hydrogen-bond acceptors (Lipinski definition) is 5. The highest BCUT2D eigenvalue weighted by Crippen LogP contribution is 2.29. The van der Waals surface area contributed by atoms with E-state index in [1.165, 1.54) is 12.8 Å². The first-order chi connectivity index (χ1) is 15.2. The predicted molar refractivity (Wildman–Crippen MR) is 143 cm³/mol. The molecule has 0 bridgehead atoms. The van der Waals surface area contributed by atoms with Crippen LogP contribution in [0, 0.1) is 5.92 Å². The summed E-state index contributed by atoms with van der Waals surface area (Å²) in [5.41, 5.74) is 1.08. The SMILES string of the molecule is CCNC(=NCc1ccc(OCCN(CC)CC)c(OC)c1)NCCCOCC1CC1.I. The van der Waals surface area contributed by atoms with Gasteiger partial charge in [-0.1, -0.05) is 19.9 Å². The standard InChI is InChI=1S/C24H42N4O3.HI/c1-5-25-24(26-13-8-15-30-19-20-9-10-20)27-18-21-11-12-22(23(17-21)29-4)31-16-14-28(6-2)7-3;/h11-12,17,20H,5-10,13-16,18-19H2,1-4H3,(H2,25,26,27);1H. The Labute approximate surface area is 211 Å². The first kappa shape index (κ1) is 28.8. The predicted octanol–water partition coefficient (Wildman–Crippen LogP) is 3.91. The van der Waals surface area contributed by atoms with Gasteiger partial charge in [0.2, 0.25) is 0 Å². The number of nitrogens with zero attached hydrogens (tertiary/aromatic N) is 2. The second-order valence-electron chi connectivity index (χ2n) is 7.85. The molecular formula is C24H43IN4O3. The van der Waals surface area contributed by atoms with Crippen molar-refractivity contribution >= 4 is 29.9 Å². The third-order valence-corrected chi connectivity index (χ3v) is 5.36. The van der Waals surface area contributed by atoms with E-state index in [2.05, 4.69) is 36.3 Å². The van der Waals surface area contributed by atoms with Crippen LogP contribution < -0.4 is 20.1 Å². The Bertz CT molecular complexity index is 652. The molecule has 0 aliphatic heterocycles. The topological polar surface area (TPSA) is 67.4 Å². The van der Waals surface area contributed by atoms with Gasteiger partial charge in [-0.15, -0.1) is 24.0 Å². The number of guanidine groups is 1. The molecular weight excluding hydrogens is 519 g/mol. The molecule has 0 spiro atoms. The van der Waals surface area contributed by atoms with Crippen molar-refractivity contribution in [1.29, 1.82) is 0 Å². The molecule has 7 nitrogen and oxygen atoms in total. The molecule has 0 aromatic heterocycles. The third-order valence-electron chi connectivity index (χ3n) is 5.36. The lowest BCUT2D eigenvalue weighted by atomic mass is 10.2. The molecule has 0 saturated heterocycles. The van der Waals surface area contributed by atoms with Crippen molar-refractivity contribution in [3.63, 3.8) is 0 Å². The number of hydrogen-bond donors (Lipinski definition) is 2. The van der Waals surface area contributed by atoms with Crippen molar-refractivity contribution in [3.05, 3.63) is 23.8 Å². The highest BCUT2D eigenvalue weighted by atomic mass is 127. The zero-order valence-corrected chi connectivity index (χ0v) is 22.7. The van der Waals surface area contributed by atoms with E-state index in [1.54, 1.807) is 7.11 Å². The van der Waals surface area contributed by atoms with Gasteiger partial charge in [-0.2, -0.15) is 0 Å². The van der Waals surface area contributed by atoms with E-state index in [4.69, 9.17) is 19.2 Å². The van der Waals surface area contributed by atoms with Gasteiger partial charge in [-0.3, -0.25) is 0 Å². The summed E-state index contributed by atoms with van der Waals surface area (Å²) in [6.45, 7) is 14.0. The Morgan fingerprint density at radius 2 is 1.88 bits per heavy atom. The van der Waals surface area contributed by atoms with E-state index in [1.807, 2.05) is 18.2 Å². The number of methoxy groups -OCH3 is 1. The van der Waals surface area contributed by atoms with Crippen LogP contribution in [0.5, 0.6) is 11.5 Å². The largest absolute Gasteiger partial charge is 0.493 e. The fraction of sp³-hybridized carbons (Fsp3) is 0.708. The maximum atomic E-state index is 5.95. The van der Waals surface area contributed by atoms with Crippen molar-refractivity contribution in [2.75, 3.05) is 59.7 Å². The molecule has 1 saturated carbocycles. The molecule has 0 heterocycles. The molecule has 1 aliphatic rings. The molecule has 8 heteroatoms. The van der Waals surface area contributed by atoms with Crippen molar-refractivity contribution in [2.24, 2.45) is 10.9 Å². The molecule has 184 valence electrons. The van der Waals surface area contributed by atoms with Crippen LogP contribution in [0.15, 0.2) is 23.2 Å². The van der Waals surface area contributed by atoms with E-state index in [0.29, 0.717) is 13.2 Å². The Morgan fingerprint density at radius 3 is 2.53 bits per heavy atom. The quantitative estimate of drug-likeness (QED) is 0.138. The van der Waals surface area contributed by atoms with Gasteiger partial charge < -0.3 is 29.7 Å². The summed E-state index contributed by atoms with van der Waals surface area (Å²) >= 11 is 0. The van der Waals surface area contributed by atoms with Gasteiger partial charge in [0, 0.05) is 32.8 Å². The summed E-state index contributed by atoms with van der Waals surface area (Å²) < 4.78 is 17.2. The number of ether oxygens (including phenoxy) is 3. The van der Waals surface area contributed by atoms with Crippen LogP contribution in [-0.4, -0.2) is 70.5 Å². The molecule has 0 amide bonds. The molecule has 32 heavy (non-hydrogen) atoms. The van der Waals surface area contributed by atoms with Gasteiger partial charge in [0.05, 0.1) is 13.7 Å². The van der Waals surface area contributed by atoms with Gasteiger partial charge in [0.1, 0.15) is 6.61 Å². The van der Waals surface area contributed by atoms with Gasteiger partial charge in [0.15, 0.2) is 17.5 Å². The lowest BCUT2D eigenvalue weighted by Gasteiger charge is -2.19. The molecule has 0 unspecified atom stereocenters. The third kappa shape index (κ3) is 11.6. The molecule has 1 aromatic carbocycles. The number of likely N-dealkylation sites (N-methyl/N-ethyl adjacent to an activating group) is 1. The molecule has 0 atom stereocenters. The summed E-state index contributed by atoms with van der Waals surface area (Å²) in [5, 5.41) is 6.68. The van der Waals surface area contributed by atoms with Gasteiger partial charge in [0.25, 0.3) is 0 Å². The maximum absolute atomic E-state index is 5.95. The van der Waals surface area contributed by atoms with Crippen molar-refractivity contribution in [1.82, 2.24) is 15.5 Å². The van der Waals surface area contributed by atoms with Crippen LogP contribution in [0.3, 0.4) is 0 Å². The van der Waals surface area contributed by atoms with Crippen LogP contribution in [0.1, 0.15) is 45.6 Å². The molecule has 2 N–H and O–H groups in total. The Balaban J connectivity index is 0.00000512. The summed E-state index contributed by atoms with van der Waals surface area (Å²) in [6, 6.07) is 6.03. The molecule has 1 fully saturated rings. The second kappa shape index (κ2) is 17.2. The van der Waals surface area contributed by atoms with E-state index in [0.717, 1.165) is 81.3 Å². The molecule has 1 aliphatic carbocycles. The van der Waals surface area contributed by atoms with E-state index in [9.17, 15) is 0 Å². The van der Waals surface area contributed by atoms with Crippen molar-refractivity contribution in [3.8, 4) is 11.5 Å². The smallest absolute Gasteiger partial charge is 0.191 e. The number of nitrogens with one attached hydrogen (secondary N) is 2. The average Bonchev–Trinajstić information content (AvgIpc) is 3.62. The van der Waals surface area contributed by atoms with E-state index in [-0.39, 0.29) is 24.0 Å². The van der Waals surface area contributed by atoms with Gasteiger partial charge >= 0.3 is 0 Å². The summed E-state index contributed by atoms with van der Waals surface area (Å²) in [7, 11) is 1.68. The highest BCUT2D eigenvalue weighted by molar-refractivity contribution is 14.0. The van der Waals surface area contributed by atoms with Crippen LogP contribution in [0.2, 0.25) is 0 Å². The number of benzene rings is 1. The van der Waals surface area contributed by atoms with Crippen LogP contribution in [-0.2, 0) is 11.3 Å². The molecule has 2 rings (SSSR count). The lowest BCUT2D eigenvalue weighted by molar-refractivity contribution is 0.123. The first-order valence-electron chi connectivity index (χ1n) is 11.8. The maximum Gasteiger partial charge on any atom is 0.191 e. The van der Waals surface area contributed by atoms with Crippen molar-refractivity contribution < 1.29 is 14.2 Å². The minimum atomic E-state index is 0. The summed E-state index contributed by atoms with van der Waals surface area (Å²) in [6.07, 6.45) is 3.65. The normalized spacial score (nSPS) is 13.6. The van der Waals surface area contributed by atoms with Crippen LogP contribution in [0.4, 0.5) is 0 Å². The number of halogens is 1. The minimum absolute atomic E-state index is 0. The lowest BCUT2D eigenvalue weighted by Crippen LogP contribution is -2.38. The Kier molecular flexibility index (Phi) is 15.5. The fourth-order valence-corrected chi connectivity index (χ4v) is 3.18. The average molecular weight is 563 g/mol. The summed E-state index contributed by atoms with van der Waals surface area (Å²) in [5.74, 6) is 3.17. The van der Waals surface area contributed by atoms with Crippen molar-refractivity contribution in [2.45, 2.75) is 46.6 Å². The monoisotopic (exact) mass is 562 g/mol. The van der Waals surface area contributed by atoms with Gasteiger partial charge in [-0.05, 0) is 62.9 Å². The highest BCUT2D eigenvalue weighted by Gasteiger charge is 2.20. The van der Waals surface area contributed by atoms with E-state index >= 15 is 0 Å². The number of aliphatic imine (C=N–C) groups is 1. The van der Waals surface area contributed by atoms with Crippen LogP contribution >= 0.6 is 24.0 Å². The summed E-state index contributed by atoms with van der Waals surface area (Å²) in [4.78, 5) is 7.04. The molecule has 1 aromatic rings. The second-order valence-corrected chi connectivity index (χ2v) is 7.85. The minimum Gasteiger partial charge on any atom is -0.493 e. The fourth-order valence-electron chi connectivity index (χ4n) is 3.18. The van der Waals surface area contributed by atoms with E-state index < -0.39 is 0 Å². The zero-order valence-electron chi connectivity index (χ0n) is 20.3. The van der Waals surface area contributed by atoms with Crippen LogP contribution in [0.25, 0.3) is 0 Å². The van der Waals surface area contributed by atoms with Gasteiger partial charge in [-0.25, -0.2) is 4.99 Å². The zero-order chi connectivity index (χ0) is 22.3. The first-order valence-corrected chi connectivity index (χ1v) is 11.8. The Morgan fingerprint density at radius 1 is 1.09 bits per heavy atom. The molecule has 0 radical (unpaired) electrons. The Hall–Kier alpha value is -1.26. The number of rotatable bonds is 16.